The minimum atomic E-state index is -0.183. The number of amides is 1. The Morgan fingerprint density at radius 3 is 2.76 bits per heavy atom. The molecule has 1 aliphatic rings. The number of anilines is 1. The van der Waals surface area contributed by atoms with Crippen molar-refractivity contribution in [1.82, 2.24) is 9.88 Å². The fraction of sp³-hybridized carbons (Fsp3) is 0.417. The minimum absolute atomic E-state index is 0.154. The minimum Gasteiger partial charge on any atom is -0.494 e. The molecular formula is C24H27Cl2N3O4S. The lowest BCUT2D eigenvalue weighted by atomic mass is 10.3. The van der Waals surface area contributed by atoms with Crippen LogP contribution in [0, 0.1) is 0 Å². The summed E-state index contributed by atoms with van der Waals surface area (Å²) in [6, 6.07) is 10.7. The lowest BCUT2D eigenvalue weighted by Gasteiger charge is -2.27. The van der Waals surface area contributed by atoms with Crippen LogP contribution >= 0.6 is 34.5 Å². The third-order valence-corrected chi connectivity index (χ3v) is 6.97. The molecule has 0 atom stereocenters. The molecule has 182 valence electrons. The molecule has 1 aromatic heterocycles. The summed E-state index contributed by atoms with van der Waals surface area (Å²) in [7, 11) is 0. The van der Waals surface area contributed by atoms with Gasteiger partial charge in [-0.3, -0.25) is 14.6 Å². The zero-order valence-corrected chi connectivity index (χ0v) is 21.3. The summed E-state index contributed by atoms with van der Waals surface area (Å²) in [5.41, 5.74) is 0.830. The van der Waals surface area contributed by atoms with Gasteiger partial charge < -0.3 is 14.2 Å². The Kier molecular flexibility index (Phi) is 8.86. The predicted molar refractivity (Wildman–Crippen MR) is 137 cm³/mol. The van der Waals surface area contributed by atoms with Crippen molar-refractivity contribution in [3.8, 4) is 11.5 Å². The lowest BCUT2D eigenvalue weighted by Crippen LogP contribution is -2.40. The number of carbonyl (C=O) groups is 1. The summed E-state index contributed by atoms with van der Waals surface area (Å²) < 4.78 is 17.7. The van der Waals surface area contributed by atoms with Crippen LogP contribution in [0.1, 0.15) is 13.3 Å². The maximum Gasteiger partial charge on any atom is 0.266 e. The molecule has 34 heavy (non-hydrogen) atoms. The van der Waals surface area contributed by atoms with Crippen molar-refractivity contribution >= 4 is 55.8 Å². The number of carbonyl (C=O) groups excluding carboxylic acids is 1. The van der Waals surface area contributed by atoms with E-state index in [9.17, 15) is 4.79 Å². The quantitative estimate of drug-likeness (QED) is 0.366. The van der Waals surface area contributed by atoms with E-state index in [0.29, 0.717) is 34.1 Å². The number of rotatable bonds is 10. The van der Waals surface area contributed by atoms with Gasteiger partial charge >= 0.3 is 0 Å². The Morgan fingerprint density at radius 2 is 2.00 bits per heavy atom. The molecule has 0 bridgehead atoms. The molecule has 0 saturated carbocycles. The van der Waals surface area contributed by atoms with E-state index in [2.05, 4.69) is 4.90 Å². The summed E-state index contributed by atoms with van der Waals surface area (Å²) >= 11 is 13.6. The molecule has 4 rings (SSSR count). The van der Waals surface area contributed by atoms with E-state index in [1.807, 2.05) is 25.1 Å². The van der Waals surface area contributed by atoms with Crippen LogP contribution < -0.4 is 14.4 Å². The van der Waals surface area contributed by atoms with Crippen molar-refractivity contribution in [2.45, 2.75) is 13.3 Å². The molecule has 1 aliphatic heterocycles. The molecule has 1 fully saturated rings. The molecular weight excluding hydrogens is 497 g/mol. The number of thiazole rings is 1. The number of benzene rings is 2. The first-order valence-corrected chi connectivity index (χ1v) is 12.8. The number of aromatic nitrogens is 1. The highest BCUT2D eigenvalue weighted by atomic mass is 35.5. The van der Waals surface area contributed by atoms with Crippen molar-refractivity contribution in [2.75, 3.05) is 57.5 Å². The van der Waals surface area contributed by atoms with Gasteiger partial charge in [0, 0.05) is 31.2 Å². The Hall–Kier alpha value is -2.10. The first kappa shape index (κ1) is 25.0. The van der Waals surface area contributed by atoms with E-state index < -0.39 is 0 Å². The van der Waals surface area contributed by atoms with E-state index in [-0.39, 0.29) is 12.5 Å². The molecule has 10 heteroatoms. The van der Waals surface area contributed by atoms with Gasteiger partial charge in [-0.05, 0) is 49.7 Å². The Bertz CT molecular complexity index is 1120. The maximum absolute atomic E-state index is 13.3. The molecule has 0 N–H and O–H groups in total. The van der Waals surface area contributed by atoms with Gasteiger partial charge in [0.2, 0.25) is 0 Å². The van der Waals surface area contributed by atoms with Crippen molar-refractivity contribution in [3.63, 3.8) is 0 Å². The first-order chi connectivity index (χ1) is 16.5. The van der Waals surface area contributed by atoms with E-state index in [1.54, 1.807) is 23.1 Å². The van der Waals surface area contributed by atoms with Crippen molar-refractivity contribution in [2.24, 2.45) is 0 Å². The number of hydrogen-bond acceptors (Lipinski definition) is 7. The number of nitrogens with zero attached hydrogens (tertiary/aromatic N) is 3. The molecule has 1 amide bonds. The summed E-state index contributed by atoms with van der Waals surface area (Å²) in [5.74, 6) is 1.02. The molecule has 0 unspecified atom stereocenters. The number of ether oxygens (including phenoxy) is 3. The van der Waals surface area contributed by atoms with Gasteiger partial charge in [-0.2, -0.15) is 0 Å². The largest absolute Gasteiger partial charge is 0.494 e. The molecule has 2 heterocycles. The first-order valence-electron chi connectivity index (χ1n) is 11.2. The highest BCUT2D eigenvalue weighted by molar-refractivity contribution is 7.22. The maximum atomic E-state index is 13.3. The van der Waals surface area contributed by atoms with E-state index in [1.165, 1.54) is 11.3 Å². The van der Waals surface area contributed by atoms with Gasteiger partial charge in [-0.1, -0.05) is 34.5 Å². The van der Waals surface area contributed by atoms with Gasteiger partial charge in [-0.15, -0.1) is 0 Å². The second-order valence-corrected chi connectivity index (χ2v) is 9.63. The summed E-state index contributed by atoms with van der Waals surface area (Å²) in [6.45, 7) is 7.12. The van der Waals surface area contributed by atoms with Gasteiger partial charge in [0.05, 0.1) is 35.1 Å². The van der Waals surface area contributed by atoms with Crippen LogP contribution in [0.3, 0.4) is 0 Å². The number of hydrogen-bond donors (Lipinski definition) is 0. The molecule has 0 aliphatic carbocycles. The van der Waals surface area contributed by atoms with Gasteiger partial charge in [0.25, 0.3) is 5.91 Å². The summed E-state index contributed by atoms with van der Waals surface area (Å²) in [4.78, 5) is 22.0. The van der Waals surface area contributed by atoms with Crippen molar-refractivity contribution < 1.29 is 19.0 Å². The Balaban J connectivity index is 1.49. The highest BCUT2D eigenvalue weighted by Gasteiger charge is 2.22. The van der Waals surface area contributed by atoms with Crippen LogP contribution in [0.2, 0.25) is 10.0 Å². The fourth-order valence-electron chi connectivity index (χ4n) is 3.68. The average molecular weight is 524 g/mol. The van der Waals surface area contributed by atoms with Crippen molar-refractivity contribution in [3.05, 3.63) is 46.4 Å². The zero-order chi connectivity index (χ0) is 23.9. The van der Waals surface area contributed by atoms with E-state index >= 15 is 0 Å². The average Bonchev–Trinajstić information content (AvgIpc) is 3.25. The third kappa shape index (κ3) is 6.52. The second kappa shape index (κ2) is 12.0. The number of fused-ring (bicyclic) bond motifs is 1. The smallest absolute Gasteiger partial charge is 0.266 e. The monoisotopic (exact) mass is 523 g/mol. The molecule has 0 radical (unpaired) electrons. The van der Waals surface area contributed by atoms with Crippen LogP contribution in [-0.4, -0.2) is 68.4 Å². The standard InChI is InChI=1S/C24H27Cl2N3O4S/c1-2-32-18-5-6-20-22(15-18)34-24(27-20)29(9-3-8-28-10-12-31-13-11-28)23(30)16-33-21-7-4-17(25)14-19(21)26/h4-7,14-15H,2-3,8-13,16H2,1H3. The van der Waals surface area contributed by atoms with Crippen LogP contribution in [0.25, 0.3) is 10.2 Å². The summed E-state index contributed by atoms with van der Waals surface area (Å²) in [6.07, 6.45) is 0.813. The number of morpholine rings is 1. The van der Waals surface area contributed by atoms with Gasteiger partial charge in [0.15, 0.2) is 11.7 Å². The fourth-order valence-corrected chi connectivity index (χ4v) is 5.18. The molecule has 0 spiro atoms. The zero-order valence-electron chi connectivity index (χ0n) is 19.0. The molecule has 7 nitrogen and oxygen atoms in total. The normalized spacial score (nSPS) is 14.3. The second-order valence-electron chi connectivity index (χ2n) is 7.78. The molecule has 1 saturated heterocycles. The van der Waals surface area contributed by atoms with E-state index in [4.69, 9.17) is 42.4 Å². The lowest BCUT2D eigenvalue weighted by molar-refractivity contribution is -0.120. The van der Waals surface area contributed by atoms with Crippen LogP contribution in [0.5, 0.6) is 11.5 Å². The van der Waals surface area contributed by atoms with Gasteiger partial charge in [-0.25, -0.2) is 4.98 Å². The van der Waals surface area contributed by atoms with Crippen LogP contribution in [0.15, 0.2) is 36.4 Å². The van der Waals surface area contributed by atoms with Gasteiger partial charge in [0.1, 0.15) is 11.5 Å². The number of halogens is 2. The predicted octanol–water partition coefficient (Wildman–Crippen LogP) is 5.14. The topological polar surface area (TPSA) is 64.1 Å². The van der Waals surface area contributed by atoms with Crippen LogP contribution in [-0.2, 0) is 9.53 Å². The molecule has 2 aromatic carbocycles. The summed E-state index contributed by atoms with van der Waals surface area (Å²) in [5, 5.41) is 1.51. The van der Waals surface area contributed by atoms with Crippen molar-refractivity contribution in [1.29, 1.82) is 0 Å². The molecule has 3 aromatic rings. The Labute approximate surface area is 213 Å². The highest BCUT2D eigenvalue weighted by Crippen LogP contribution is 2.32. The van der Waals surface area contributed by atoms with Crippen LogP contribution in [0.4, 0.5) is 5.13 Å². The SMILES string of the molecule is CCOc1ccc2nc(N(CCCN3CCOCC3)C(=O)COc3ccc(Cl)cc3Cl)sc2c1. The Morgan fingerprint density at radius 1 is 1.18 bits per heavy atom. The van der Waals surface area contributed by atoms with E-state index in [0.717, 1.165) is 55.2 Å². The third-order valence-electron chi connectivity index (χ3n) is 5.40.